The first-order chi connectivity index (χ1) is 11.7. The van der Waals surface area contributed by atoms with Gasteiger partial charge in [0.2, 0.25) is 5.91 Å². The van der Waals surface area contributed by atoms with Crippen molar-refractivity contribution in [3.63, 3.8) is 0 Å². The monoisotopic (exact) mass is 341 g/mol. The fourth-order valence-corrected chi connectivity index (χ4v) is 2.49. The van der Waals surface area contributed by atoms with Crippen LogP contribution in [0.3, 0.4) is 0 Å². The molecular weight excluding hydrogens is 322 g/mol. The number of halogens is 1. The topological polar surface area (TPSA) is 38.3 Å². The Morgan fingerprint density at radius 1 is 1.12 bits per heavy atom. The Morgan fingerprint density at radius 3 is 2.54 bits per heavy atom. The molecule has 0 bridgehead atoms. The van der Waals surface area contributed by atoms with Crippen LogP contribution < -0.4 is 10.1 Å². The first kappa shape index (κ1) is 17.9. The van der Waals surface area contributed by atoms with Gasteiger partial charge in [0.15, 0.2) is 0 Å². The van der Waals surface area contributed by atoms with Crippen LogP contribution in [-0.4, -0.2) is 19.1 Å². The molecule has 0 saturated carbocycles. The fraction of sp³-hybridized carbons (Fsp3) is 0.250. The van der Waals surface area contributed by atoms with Crippen LogP contribution in [0.2, 0.25) is 5.02 Å². The SMILES string of the molecule is CCC(C(=O)NCC#CCOc1ccccc1Cl)c1ccccc1. The van der Waals surface area contributed by atoms with Gasteiger partial charge in [0.1, 0.15) is 12.4 Å². The van der Waals surface area contributed by atoms with Crippen LogP contribution in [0.4, 0.5) is 0 Å². The fourth-order valence-electron chi connectivity index (χ4n) is 2.30. The van der Waals surface area contributed by atoms with Crippen LogP contribution in [0.25, 0.3) is 0 Å². The van der Waals surface area contributed by atoms with Crippen molar-refractivity contribution in [2.45, 2.75) is 19.3 Å². The number of para-hydroxylation sites is 1. The Kier molecular flexibility index (Phi) is 7.20. The van der Waals surface area contributed by atoms with Crippen molar-refractivity contribution >= 4 is 17.5 Å². The molecule has 0 aliphatic carbocycles. The molecule has 1 N–H and O–H groups in total. The molecule has 124 valence electrons. The molecule has 4 heteroatoms. The van der Waals surface area contributed by atoms with E-state index in [1.807, 2.05) is 49.4 Å². The molecule has 2 aromatic rings. The minimum absolute atomic E-state index is 0.00924. The molecule has 0 spiro atoms. The molecule has 0 radical (unpaired) electrons. The van der Waals surface area contributed by atoms with Gasteiger partial charge in [-0.25, -0.2) is 0 Å². The van der Waals surface area contributed by atoms with E-state index in [-0.39, 0.29) is 18.4 Å². The maximum atomic E-state index is 12.2. The minimum Gasteiger partial charge on any atom is -0.479 e. The Morgan fingerprint density at radius 2 is 1.83 bits per heavy atom. The predicted molar refractivity (Wildman–Crippen MR) is 97.2 cm³/mol. The van der Waals surface area contributed by atoms with Gasteiger partial charge < -0.3 is 10.1 Å². The summed E-state index contributed by atoms with van der Waals surface area (Å²) in [7, 11) is 0. The smallest absolute Gasteiger partial charge is 0.228 e. The number of benzene rings is 2. The first-order valence-electron chi connectivity index (χ1n) is 7.88. The highest BCUT2D eigenvalue weighted by Crippen LogP contribution is 2.22. The van der Waals surface area contributed by atoms with E-state index >= 15 is 0 Å². The summed E-state index contributed by atoms with van der Waals surface area (Å²) >= 11 is 5.98. The zero-order valence-corrected chi connectivity index (χ0v) is 14.3. The molecule has 0 saturated heterocycles. The van der Waals surface area contributed by atoms with Gasteiger partial charge in [-0.2, -0.15) is 0 Å². The van der Waals surface area contributed by atoms with Crippen molar-refractivity contribution in [1.82, 2.24) is 5.32 Å². The zero-order valence-electron chi connectivity index (χ0n) is 13.6. The number of carbonyl (C=O) groups is 1. The number of rotatable bonds is 6. The summed E-state index contributed by atoms with van der Waals surface area (Å²) in [5.41, 5.74) is 1.02. The van der Waals surface area contributed by atoms with Crippen molar-refractivity contribution in [3.05, 3.63) is 65.2 Å². The molecule has 2 rings (SSSR count). The normalized spacial score (nSPS) is 11.1. The quantitative estimate of drug-likeness (QED) is 0.805. The largest absolute Gasteiger partial charge is 0.479 e. The van der Waals surface area contributed by atoms with Crippen LogP contribution in [0.1, 0.15) is 24.8 Å². The molecular formula is C20H20ClNO2. The summed E-state index contributed by atoms with van der Waals surface area (Å²) in [5.74, 6) is 6.20. The van der Waals surface area contributed by atoms with Gasteiger partial charge in [0.05, 0.1) is 17.5 Å². The number of hydrogen-bond donors (Lipinski definition) is 1. The molecule has 0 heterocycles. The van der Waals surface area contributed by atoms with Crippen molar-refractivity contribution in [1.29, 1.82) is 0 Å². The van der Waals surface area contributed by atoms with E-state index in [1.54, 1.807) is 12.1 Å². The first-order valence-corrected chi connectivity index (χ1v) is 8.26. The lowest BCUT2D eigenvalue weighted by Gasteiger charge is -2.14. The second-order valence-electron chi connectivity index (χ2n) is 5.16. The van der Waals surface area contributed by atoms with Crippen molar-refractivity contribution in [2.75, 3.05) is 13.2 Å². The van der Waals surface area contributed by atoms with Gasteiger partial charge >= 0.3 is 0 Å². The third-order valence-electron chi connectivity index (χ3n) is 3.54. The van der Waals surface area contributed by atoms with E-state index in [1.165, 1.54) is 0 Å². The molecule has 0 aromatic heterocycles. The van der Waals surface area contributed by atoms with E-state index < -0.39 is 0 Å². The average molecular weight is 342 g/mol. The lowest BCUT2D eigenvalue weighted by atomic mass is 9.96. The Bertz CT molecular complexity index is 719. The maximum absolute atomic E-state index is 12.2. The molecule has 0 aliphatic rings. The maximum Gasteiger partial charge on any atom is 0.228 e. The highest BCUT2D eigenvalue weighted by atomic mass is 35.5. The van der Waals surface area contributed by atoms with Gasteiger partial charge in [-0.3, -0.25) is 4.79 Å². The second-order valence-corrected chi connectivity index (χ2v) is 5.57. The molecule has 3 nitrogen and oxygen atoms in total. The third-order valence-corrected chi connectivity index (χ3v) is 3.85. The molecule has 1 unspecified atom stereocenters. The zero-order chi connectivity index (χ0) is 17.2. The second kappa shape index (κ2) is 9.64. The third kappa shape index (κ3) is 5.33. The number of hydrogen-bond acceptors (Lipinski definition) is 2. The van der Waals surface area contributed by atoms with Crippen LogP contribution >= 0.6 is 11.6 Å². The molecule has 24 heavy (non-hydrogen) atoms. The minimum atomic E-state index is -0.146. The van der Waals surface area contributed by atoms with Crippen LogP contribution in [0, 0.1) is 11.8 Å². The molecule has 0 fully saturated rings. The van der Waals surface area contributed by atoms with Gasteiger partial charge in [0.25, 0.3) is 0 Å². The lowest BCUT2D eigenvalue weighted by Crippen LogP contribution is -2.29. The summed E-state index contributed by atoms with van der Waals surface area (Å²) in [6.07, 6.45) is 0.749. The highest BCUT2D eigenvalue weighted by molar-refractivity contribution is 6.32. The van der Waals surface area contributed by atoms with Crippen molar-refractivity contribution in [2.24, 2.45) is 0 Å². The van der Waals surface area contributed by atoms with Gasteiger partial charge in [0, 0.05) is 0 Å². The van der Waals surface area contributed by atoms with Crippen molar-refractivity contribution < 1.29 is 9.53 Å². The molecule has 2 aromatic carbocycles. The van der Waals surface area contributed by atoms with Crippen LogP contribution in [0.15, 0.2) is 54.6 Å². The summed E-state index contributed by atoms with van der Waals surface area (Å²) in [5, 5.41) is 3.40. The average Bonchev–Trinajstić information content (AvgIpc) is 2.61. The number of amides is 1. The summed E-state index contributed by atoms with van der Waals surface area (Å²) in [6, 6.07) is 17.0. The molecule has 1 atom stereocenters. The Hall–Kier alpha value is -2.44. The van der Waals surface area contributed by atoms with Gasteiger partial charge in [-0.1, -0.05) is 72.8 Å². The lowest BCUT2D eigenvalue weighted by molar-refractivity contribution is -0.122. The highest BCUT2D eigenvalue weighted by Gasteiger charge is 2.17. The van der Waals surface area contributed by atoms with Crippen LogP contribution in [0.5, 0.6) is 5.75 Å². The van der Waals surface area contributed by atoms with Gasteiger partial charge in [-0.15, -0.1) is 0 Å². The van der Waals surface area contributed by atoms with E-state index in [2.05, 4.69) is 17.2 Å². The van der Waals surface area contributed by atoms with E-state index in [0.717, 1.165) is 12.0 Å². The molecule has 0 aliphatic heterocycles. The predicted octanol–water partition coefficient (Wildman–Crippen LogP) is 4.03. The summed E-state index contributed by atoms with van der Waals surface area (Å²) in [4.78, 5) is 12.2. The van der Waals surface area contributed by atoms with E-state index in [0.29, 0.717) is 17.3 Å². The van der Waals surface area contributed by atoms with Crippen molar-refractivity contribution in [3.8, 4) is 17.6 Å². The van der Waals surface area contributed by atoms with Crippen LogP contribution in [-0.2, 0) is 4.79 Å². The number of nitrogens with one attached hydrogen (secondary N) is 1. The number of ether oxygens (including phenoxy) is 1. The van der Waals surface area contributed by atoms with E-state index in [4.69, 9.17) is 16.3 Å². The Balaban J connectivity index is 1.77. The van der Waals surface area contributed by atoms with Gasteiger partial charge in [-0.05, 0) is 24.1 Å². The van der Waals surface area contributed by atoms with E-state index in [9.17, 15) is 4.79 Å². The summed E-state index contributed by atoms with van der Waals surface area (Å²) in [6.45, 7) is 2.53. The Labute approximate surface area is 148 Å². The standard InChI is InChI=1S/C20H20ClNO2/c1-2-17(16-10-4-3-5-11-16)20(23)22-14-8-9-15-24-19-13-7-6-12-18(19)21/h3-7,10-13,17H,2,14-15H2,1H3,(H,22,23). The summed E-state index contributed by atoms with van der Waals surface area (Å²) < 4.78 is 5.46. The molecule has 1 amide bonds. The number of carbonyl (C=O) groups excluding carboxylic acids is 1.